The molecule has 0 atom stereocenters. The Kier molecular flexibility index (Phi) is 9.11. The molecule has 1 fully saturated rings. The van der Waals surface area contributed by atoms with Crippen LogP contribution >= 0.6 is 0 Å². The number of amides is 1. The number of piperidine rings is 1. The van der Waals surface area contributed by atoms with Crippen molar-refractivity contribution in [1.29, 1.82) is 0 Å². The fourth-order valence-electron chi connectivity index (χ4n) is 5.42. The van der Waals surface area contributed by atoms with Crippen molar-refractivity contribution in [2.24, 2.45) is 7.05 Å². The molecule has 10 heteroatoms. The van der Waals surface area contributed by atoms with Crippen molar-refractivity contribution in [2.75, 3.05) is 38.5 Å². The molecule has 0 unspecified atom stereocenters. The van der Waals surface area contributed by atoms with Crippen LogP contribution in [0.5, 0.6) is 11.5 Å². The van der Waals surface area contributed by atoms with Crippen LogP contribution in [0, 0.1) is 6.92 Å². The number of imidazole rings is 1. The molecule has 0 bridgehead atoms. The van der Waals surface area contributed by atoms with E-state index in [1.54, 1.807) is 24.4 Å². The SMILES string of the molecule is Cc1cc(Nc2ncnc3ccc(/C=C/CN(C)C(=O)C=CCN4CCCCC4)nc23)ccc1Oc1ccc2c(c1)ncn2C. The molecule has 1 N–H and O–H groups in total. The Morgan fingerprint density at radius 2 is 1.87 bits per heavy atom. The number of ether oxygens (including phenoxy) is 1. The molecule has 6 rings (SSSR count). The van der Waals surface area contributed by atoms with E-state index in [-0.39, 0.29) is 5.91 Å². The van der Waals surface area contributed by atoms with Crippen molar-refractivity contribution < 1.29 is 9.53 Å². The van der Waals surface area contributed by atoms with E-state index in [9.17, 15) is 4.79 Å². The van der Waals surface area contributed by atoms with E-state index < -0.39 is 0 Å². The number of nitrogens with zero attached hydrogens (tertiary/aromatic N) is 7. The number of likely N-dealkylation sites (N-methyl/N-ethyl adjacent to an activating group) is 1. The monoisotopic (exact) mass is 602 g/mol. The smallest absolute Gasteiger partial charge is 0.246 e. The molecule has 2 aromatic carbocycles. The minimum Gasteiger partial charge on any atom is -0.457 e. The number of aromatic nitrogens is 5. The number of fused-ring (bicyclic) bond motifs is 2. The lowest BCUT2D eigenvalue weighted by atomic mass is 10.1. The van der Waals surface area contributed by atoms with Gasteiger partial charge in [0.2, 0.25) is 5.91 Å². The van der Waals surface area contributed by atoms with Gasteiger partial charge in [0.05, 0.1) is 28.6 Å². The second-order valence-electron chi connectivity index (χ2n) is 11.4. The van der Waals surface area contributed by atoms with Crippen molar-refractivity contribution in [1.82, 2.24) is 34.3 Å². The van der Waals surface area contributed by atoms with Gasteiger partial charge in [-0.3, -0.25) is 9.69 Å². The van der Waals surface area contributed by atoms with Gasteiger partial charge in [0, 0.05) is 45.0 Å². The highest BCUT2D eigenvalue weighted by Gasteiger charge is 2.11. The number of hydrogen-bond acceptors (Lipinski definition) is 8. The van der Waals surface area contributed by atoms with Crippen LogP contribution in [0.2, 0.25) is 0 Å². The molecule has 45 heavy (non-hydrogen) atoms. The van der Waals surface area contributed by atoms with E-state index in [1.165, 1.54) is 25.6 Å². The van der Waals surface area contributed by atoms with E-state index >= 15 is 0 Å². The van der Waals surface area contributed by atoms with E-state index in [0.717, 1.165) is 64.6 Å². The number of anilines is 2. The van der Waals surface area contributed by atoms with E-state index in [4.69, 9.17) is 9.72 Å². The molecule has 10 nitrogen and oxygen atoms in total. The second kappa shape index (κ2) is 13.7. The molecular formula is C35H38N8O2. The largest absolute Gasteiger partial charge is 0.457 e. The third kappa shape index (κ3) is 7.35. The molecular weight excluding hydrogens is 564 g/mol. The summed E-state index contributed by atoms with van der Waals surface area (Å²) in [7, 11) is 3.78. The van der Waals surface area contributed by atoms with Crippen LogP contribution in [0.3, 0.4) is 0 Å². The molecule has 0 spiro atoms. The van der Waals surface area contributed by atoms with Crippen molar-refractivity contribution in [3.8, 4) is 11.5 Å². The van der Waals surface area contributed by atoms with Crippen molar-refractivity contribution >= 4 is 45.6 Å². The van der Waals surface area contributed by atoms with Crippen LogP contribution in [0.25, 0.3) is 28.1 Å². The van der Waals surface area contributed by atoms with E-state index in [0.29, 0.717) is 17.9 Å². The van der Waals surface area contributed by atoms with Gasteiger partial charge in [0.1, 0.15) is 23.3 Å². The first kappa shape index (κ1) is 30.0. The van der Waals surface area contributed by atoms with Gasteiger partial charge in [-0.25, -0.2) is 19.9 Å². The summed E-state index contributed by atoms with van der Waals surface area (Å²) in [6, 6.07) is 15.6. The number of carbonyl (C=O) groups excluding carboxylic acids is 1. The topological polar surface area (TPSA) is 101 Å². The molecule has 3 aromatic heterocycles. The molecule has 4 heterocycles. The third-order valence-electron chi connectivity index (χ3n) is 7.98. The molecule has 1 amide bonds. The van der Waals surface area contributed by atoms with Gasteiger partial charge >= 0.3 is 0 Å². The molecule has 1 aliphatic heterocycles. The number of benzene rings is 2. The average Bonchev–Trinajstić information content (AvgIpc) is 3.42. The number of carbonyl (C=O) groups is 1. The molecule has 0 radical (unpaired) electrons. The van der Waals surface area contributed by atoms with Crippen molar-refractivity contribution in [3.05, 3.63) is 90.7 Å². The summed E-state index contributed by atoms with van der Waals surface area (Å²) in [5.74, 6) is 2.09. The van der Waals surface area contributed by atoms with Gasteiger partial charge in [0.25, 0.3) is 0 Å². The maximum atomic E-state index is 12.5. The average molecular weight is 603 g/mol. The number of aryl methyl sites for hydroxylation is 2. The molecule has 0 saturated carbocycles. The lowest BCUT2D eigenvalue weighted by molar-refractivity contribution is -0.124. The van der Waals surface area contributed by atoms with E-state index in [2.05, 4.69) is 25.2 Å². The van der Waals surface area contributed by atoms with Crippen molar-refractivity contribution in [2.45, 2.75) is 26.2 Å². The maximum absolute atomic E-state index is 12.5. The molecule has 1 aliphatic rings. The zero-order valence-corrected chi connectivity index (χ0v) is 26.0. The van der Waals surface area contributed by atoms with Crippen LogP contribution in [-0.2, 0) is 11.8 Å². The van der Waals surface area contributed by atoms with Crippen LogP contribution in [0.15, 0.2) is 79.4 Å². The standard InChI is InChI=1S/C35H38N8O2/c1-25-21-27(12-16-32(25)45-28-13-15-31-30(22-28)38-24-42(31)3)40-35-34-29(36-23-37-35)14-11-26(39-34)9-7-17-41(2)33(44)10-8-20-43-18-5-4-6-19-43/h7-16,21-24H,4-6,17-20H2,1-3H3,(H,36,37,40)/b9-7+,10-8?. The Bertz CT molecular complexity index is 1870. The fourth-order valence-corrected chi connectivity index (χ4v) is 5.42. The summed E-state index contributed by atoms with van der Waals surface area (Å²) in [5, 5.41) is 3.40. The number of hydrogen-bond donors (Lipinski definition) is 1. The highest BCUT2D eigenvalue weighted by molar-refractivity contribution is 5.88. The quantitative estimate of drug-likeness (QED) is 0.187. The first-order valence-corrected chi connectivity index (χ1v) is 15.3. The maximum Gasteiger partial charge on any atom is 0.246 e. The zero-order chi connectivity index (χ0) is 31.2. The predicted octanol–water partition coefficient (Wildman–Crippen LogP) is 6.27. The molecule has 1 saturated heterocycles. The van der Waals surface area contributed by atoms with Gasteiger partial charge in [0.15, 0.2) is 5.82 Å². The minimum absolute atomic E-state index is 0.0102. The lowest BCUT2D eigenvalue weighted by Gasteiger charge is -2.24. The second-order valence-corrected chi connectivity index (χ2v) is 11.4. The van der Waals surface area contributed by atoms with Crippen LogP contribution < -0.4 is 10.1 Å². The number of pyridine rings is 1. The Hall–Kier alpha value is -5.09. The van der Waals surface area contributed by atoms with Gasteiger partial charge in [-0.2, -0.15) is 0 Å². The van der Waals surface area contributed by atoms with Crippen LogP contribution in [0.1, 0.15) is 30.5 Å². The number of likely N-dealkylation sites (tertiary alicyclic amines) is 1. The Balaban J connectivity index is 1.09. The van der Waals surface area contributed by atoms with Gasteiger partial charge in [-0.05, 0) is 87.0 Å². The molecule has 230 valence electrons. The summed E-state index contributed by atoms with van der Waals surface area (Å²) < 4.78 is 8.16. The third-order valence-corrected chi connectivity index (χ3v) is 7.98. The zero-order valence-electron chi connectivity index (χ0n) is 26.0. The first-order valence-electron chi connectivity index (χ1n) is 15.3. The Labute approximate surface area is 263 Å². The van der Waals surface area contributed by atoms with E-state index in [1.807, 2.05) is 85.3 Å². The summed E-state index contributed by atoms with van der Waals surface area (Å²) in [5.41, 5.74) is 5.92. The fraction of sp³-hybridized carbons (Fsp3) is 0.286. The Morgan fingerprint density at radius 1 is 1.00 bits per heavy atom. The summed E-state index contributed by atoms with van der Waals surface area (Å²) >= 11 is 0. The van der Waals surface area contributed by atoms with Gasteiger partial charge < -0.3 is 19.5 Å². The van der Waals surface area contributed by atoms with Crippen LogP contribution in [-0.4, -0.2) is 73.4 Å². The number of rotatable bonds is 10. The van der Waals surface area contributed by atoms with Gasteiger partial charge in [-0.1, -0.05) is 18.6 Å². The normalized spacial score (nSPS) is 14.1. The number of nitrogens with one attached hydrogen (secondary N) is 1. The summed E-state index contributed by atoms with van der Waals surface area (Å²) in [6.07, 6.45) is 14.6. The van der Waals surface area contributed by atoms with Crippen molar-refractivity contribution in [3.63, 3.8) is 0 Å². The summed E-state index contributed by atoms with van der Waals surface area (Å²) in [4.78, 5) is 34.7. The predicted molar refractivity (Wildman–Crippen MR) is 179 cm³/mol. The highest BCUT2D eigenvalue weighted by Crippen LogP contribution is 2.31. The highest BCUT2D eigenvalue weighted by atomic mass is 16.5. The summed E-state index contributed by atoms with van der Waals surface area (Å²) in [6.45, 7) is 5.54. The minimum atomic E-state index is -0.0102. The molecule has 5 aromatic rings. The van der Waals surface area contributed by atoms with Gasteiger partial charge in [-0.15, -0.1) is 0 Å². The first-order chi connectivity index (χ1) is 21.9. The Morgan fingerprint density at radius 3 is 2.71 bits per heavy atom. The lowest BCUT2D eigenvalue weighted by Crippen LogP contribution is -2.30. The molecule has 0 aliphatic carbocycles. The van der Waals surface area contributed by atoms with Crippen LogP contribution in [0.4, 0.5) is 11.5 Å².